The molecular weight excluding hydrogens is 420 g/mol. The van der Waals surface area contributed by atoms with Gasteiger partial charge >= 0.3 is 0 Å². The molecule has 0 spiro atoms. The fraction of sp³-hybridized carbons (Fsp3) is 0.240. The van der Waals surface area contributed by atoms with Gasteiger partial charge in [0.1, 0.15) is 5.75 Å². The van der Waals surface area contributed by atoms with Gasteiger partial charge in [-0.05, 0) is 61.9 Å². The third-order valence-corrected chi connectivity index (χ3v) is 6.44. The highest BCUT2D eigenvalue weighted by Gasteiger charge is 2.18. The number of nitrogens with zero attached hydrogens (tertiary/aromatic N) is 3. The van der Waals surface area contributed by atoms with Crippen molar-refractivity contribution in [1.82, 2.24) is 4.68 Å². The monoisotopic (exact) mass is 444 g/mol. The fourth-order valence-electron chi connectivity index (χ4n) is 3.83. The summed E-state index contributed by atoms with van der Waals surface area (Å²) in [7, 11) is 0. The van der Waals surface area contributed by atoms with Gasteiger partial charge in [0.2, 0.25) is 4.80 Å². The Bertz CT molecular complexity index is 1290. The van der Waals surface area contributed by atoms with Crippen LogP contribution in [0.5, 0.6) is 5.75 Å². The van der Waals surface area contributed by atoms with Crippen LogP contribution in [0, 0.1) is 12.8 Å². The quantitative estimate of drug-likeness (QED) is 0.439. The Balaban J connectivity index is 1.60. The number of hydrogen-bond acceptors (Lipinski definition) is 5. The Morgan fingerprint density at radius 1 is 1.22 bits per heavy atom. The lowest BCUT2D eigenvalue weighted by atomic mass is 9.96. The van der Waals surface area contributed by atoms with E-state index in [1.807, 2.05) is 47.3 Å². The summed E-state index contributed by atoms with van der Waals surface area (Å²) in [5.74, 6) is 0.951. The number of rotatable bonds is 4. The van der Waals surface area contributed by atoms with E-state index < -0.39 is 0 Å². The van der Waals surface area contributed by atoms with Crippen LogP contribution in [0.3, 0.4) is 0 Å². The number of hydrogen-bond donors (Lipinski definition) is 1. The average Bonchev–Trinajstić information content (AvgIpc) is 3.21. The topological polar surface area (TPSA) is 68.0 Å². The van der Waals surface area contributed by atoms with Crippen LogP contribution in [0.25, 0.3) is 11.3 Å². The third kappa shape index (κ3) is 4.29. The molecule has 0 bridgehead atoms. The summed E-state index contributed by atoms with van der Waals surface area (Å²) in [6, 6.07) is 13.9. The zero-order valence-electron chi connectivity index (χ0n) is 17.8. The minimum Gasteiger partial charge on any atom is -0.482 e. The number of aromatic nitrogens is 1. The molecule has 3 aromatic rings. The Kier molecular flexibility index (Phi) is 5.73. The molecule has 7 heteroatoms. The SMILES string of the molecule is Cc1ccccc1N=c1scc(-c2ccc3c(c2)NC(=O)CO3)n1N=CC1CC=CCC1. The van der Waals surface area contributed by atoms with Crippen molar-refractivity contribution in [3.63, 3.8) is 0 Å². The standard InChI is InChI=1S/C25H24N4O2S/c1-17-7-5-6-10-20(17)28-25-29(26-14-18-8-3-2-4-9-18)22(16-32-25)19-11-12-23-21(13-19)27-24(30)15-31-23/h2-3,5-7,10-14,16,18H,4,8-9,15H2,1H3,(H,27,30). The molecule has 1 unspecified atom stereocenters. The first kappa shape index (κ1) is 20.5. The molecule has 1 N–H and O–H groups in total. The van der Waals surface area contributed by atoms with Gasteiger partial charge in [0, 0.05) is 17.2 Å². The van der Waals surface area contributed by atoms with Crippen molar-refractivity contribution in [2.24, 2.45) is 16.0 Å². The number of ether oxygens (including phenoxy) is 1. The van der Waals surface area contributed by atoms with Gasteiger partial charge in [-0.1, -0.05) is 30.4 Å². The maximum atomic E-state index is 11.8. The molecule has 2 heterocycles. The number of aryl methyl sites for hydroxylation is 1. The lowest BCUT2D eigenvalue weighted by molar-refractivity contribution is -0.118. The molecule has 162 valence electrons. The van der Waals surface area contributed by atoms with Gasteiger partial charge in [-0.25, -0.2) is 9.67 Å². The number of thiazole rings is 1. The summed E-state index contributed by atoms with van der Waals surface area (Å²) >= 11 is 1.55. The van der Waals surface area contributed by atoms with E-state index in [-0.39, 0.29) is 12.5 Å². The number of anilines is 1. The van der Waals surface area contributed by atoms with E-state index in [1.165, 1.54) is 0 Å². The van der Waals surface area contributed by atoms with Crippen LogP contribution in [-0.2, 0) is 4.79 Å². The minimum absolute atomic E-state index is 0.0460. The predicted octanol–water partition coefficient (Wildman–Crippen LogP) is 5.28. The van der Waals surface area contributed by atoms with E-state index in [1.54, 1.807) is 11.3 Å². The van der Waals surface area contributed by atoms with E-state index in [0.717, 1.165) is 46.6 Å². The largest absolute Gasteiger partial charge is 0.482 e. The van der Waals surface area contributed by atoms with Gasteiger partial charge in [-0.3, -0.25) is 4.79 Å². The van der Waals surface area contributed by atoms with Crippen molar-refractivity contribution in [2.75, 3.05) is 11.9 Å². The Hall–Kier alpha value is -3.45. The molecule has 0 saturated heterocycles. The highest BCUT2D eigenvalue weighted by Crippen LogP contribution is 2.33. The third-order valence-electron chi connectivity index (χ3n) is 5.63. The van der Waals surface area contributed by atoms with Crippen molar-refractivity contribution in [2.45, 2.75) is 26.2 Å². The number of carbonyl (C=O) groups is 1. The maximum absolute atomic E-state index is 11.8. The summed E-state index contributed by atoms with van der Waals surface area (Å²) in [6.07, 6.45) is 9.70. The summed E-state index contributed by atoms with van der Waals surface area (Å²) in [6.45, 7) is 2.10. The van der Waals surface area contributed by atoms with Gasteiger partial charge < -0.3 is 10.1 Å². The van der Waals surface area contributed by atoms with Crippen LogP contribution in [-0.4, -0.2) is 23.4 Å². The molecule has 6 nitrogen and oxygen atoms in total. The average molecular weight is 445 g/mol. The highest BCUT2D eigenvalue weighted by molar-refractivity contribution is 7.07. The zero-order chi connectivity index (χ0) is 21.9. The Morgan fingerprint density at radius 2 is 2.12 bits per heavy atom. The van der Waals surface area contributed by atoms with Crippen molar-refractivity contribution in [3.05, 3.63) is 70.4 Å². The second-order valence-electron chi connectivity index (χ2n) is 7.97. The summed E-state index contributed by atoms with van der Waals surface area (Å²) in [4.78, 5) is 17.5. The van der Waals surface area contributed by atoms with Gasteiger partial charge in [-0.2, -0.15) is 5.10 Å². The van der Waals surface area contributed by atoms with E-state index in [0.29, 0.717) is 17.4 Å². The number of nitrogens with one attached hydrogen (secondary N) is 1. The molecule has 1 aliphatic heterocycles. The molecule has 0 fully saturated rings. The molecule has 1 aliphatic carbocycles. The molecule has 5 rings (SSSR count). The first-order valence-electron chi connectivity index (χ1n) is 10.7. The molecule has 2 aliphatic rings. The summed E-state index contributed by atoms with van der Waals surface area (Å²) < 4.78 is 7.42. The molecule has 2 aromatic carbocycles. The molecule has 0 radical (unpaired) electrons. The molecule has 1 atom stereocenters. The predicted molar refractivity (Wildman–Crippen MR) is 129 cm³/mol. The van der Waals surface area contributed by atoms with Crippen LogP contribution in [0.4, 0.5) is 11.4 Å². The molecular formula is C25H24N4O2S. The minimum atomic E-state index is -0.147. The molecule has 1 amide bonds. The maximum Gasteiger partial charge on any atom is 0.262 e. The number of amides is 1. The first-order valence-corrected chi connectivity index (χ1v) is 11.6. The lowest BCUT2D eigenvalue weighted by Crippen LogP contribution is -2.25. The Labute approximate surface area is 190 Å². The van der Waals surface area contributed by atoms with Crippen LogP contribution in [0.1, 0.15) is 24.8 Å². The van der Waals surface area contributed by atoms with E-state index in [2.05, 4.69) is 35.8 Å². The van der Waals surface area contributed by atoms with Gasteiger partial charge in [0.25, 0.3) is 5.91 Å². The van der Waals surface area contributed by atoms with Crippen LogP contribution in [0.15, 0.2) is 70.1 Å². The van der Waals surface area contributed by atoms with E-state index in [9.17, 15) is 4.79 Å². The zero-order valence-corrected chi connectivity index (χ0v) is 18.6. The number of allylic oxidation sites excluding steroid dienone is 2. The van der Waals surface area contributed by atoms with E-state index in [4.69, 9.17) is 14.8 Å². The summed E-state index contributed by atoms with van der Waals surface area (Å²) in [5.41, 5.74) is 4.58. The number of carbonyl (C=O) groups excluding carboxylic acids is 1. The van der Waals surface area contributed by atoms with Crippen LogP contribution >= 0.6 is 11.3 Å². The van der Waals surface area contributed by atoms with Crippen molar-refractivity contribution in [3.8, 4) is 17.0 Å². The number of benzene rings is 2. The second-order valence-corrected chi connectivity index (χ2v) is 8.81. The van der Waals surface area contributed by atoms with Crippen molar-refractivity contribution >= 4 is 34.8 Å². The second kappa shape index (κ2) is 8.96. The normalized spacial score (nSPS) is 18.5. The highest BCUT2D eigenvalue weighted by atomic mass is 32.1. The molecule has 0 saturated carbocycles. The van der Waals surface area contributed by atoms with Crippen LogP contribution < -0.4 is 14.9 Å². The first-order chi connectivity index (χ1) is 15.7. The molecule has 1 aromatic heterocycles. The smallest absolute Gasteiger partial charge is 0.262 e. The van der Waals surface area contributed by atoms with Crippen molar-refractivity contribution < 1.29 is 9.53 Å². The molecule has 32 heavy (non-hydrogen) atoms. The van der Waals surface area contributed by atoms with Crippen LogP contribution in [0.2, 0.25) is 0 Å². The van der Waals surface area contributed by atoms with Gasteiger partial charge in [0.15, 0.2) is 6.61 Å². The number of para-hydroxylation sites is 1. The van der Waals surface area contributed by atoms with Gasteiger partial charge in [-0.15, -0.1) is 11.3 Å². The summed E-state index contributed by atoms with van der Waals surface area (Å²) in [5, 5.41) is 9.82. The van der Waals surface area contributed by atoms with Gasteiger partial charge in [0.05, 0.1) is 17.1 Å². The van der Waals surface area contributed by atoms with Crippen molar-refractivity contribution in [1.29, 1.82) is 0 Å². The number of fused-ring (bicyclic) bond motifs is 1. The Morgan fingerprint density at radius 3 is 2.97 bits per heavy atom. The lowest BCUT2D eigenvalue weighted by Gasteiger charge is -2.18. The van der Waals surface area contributed by atoms with E-state index >= 15 is 0 Å². The fourth-order valence-corrected chi connectivity index (χ4v) is 4.68.